The summed E-state index contributed by atoms with van der Waals surface area (Å²) in [5.74, 6) is 0. The summed E-state index contributed by atoms with van der Waals surface area (Å²) in [7, 11) is 0. The molecule has 1 N–H and O–H groups in total. The largest absolute Gasteiger partial charge is 0.308 e. The van der Waals surface area contributed by atoms with Crippen molar-refractivity contribution < 1.29 is 0 Å². The van der Waals surface area contributed by atoms with E-state index in [2.05, 4.69) is 34.6 Å². The van der Waals surface area contributed by atoms with Crippen molar-refractivity contribution in [2.45, 2.75) is 43.6 Å². The standard InChI is InChI=1S/C16H19ClN2/c17-13-6-9-14(10-7-13)18-11-15-8-5-12-3-1-2-4-16(12)19-15/h1-5,8,13-14,18H,6-7,9-11H2. The summed E-state index contributed by atoms with van der Waals surface area (Å²) < 4.78 is 0. The van der Waals surface area contributed by atoms with Crippen molar-refractivity contribution >= 4 is 22.5 Å². The van der Waals surface area contributed by atoms with Crippen LogP contribution < -0.4 is 5.32 Å². The van der Waals surface area contributed by atoms with Gasteiger partial charge in [-0.1, -0.05) is 24.3 Å². The maximum atomic E-state index is 6.12. The third kappa shape index (κ3) is 3.26. The second kappa shape index (κ2) is 5.89. The zero-order valence-corrected chi connectivity index (χ0v) is 11.7. The number of hydrogen-bond donors (Lipinski definition) is 1. The van der Waals surface area contributed by atoms with Gasteiger partial charge in [-0.25, -0.2) is 0 Å². The summed E-state index contributed by atoms with van der Waals surface area (Å²) >= 11 is 6.12. The van der Waals surface area contributed by atoms with Crippen LogP contribution in [0, 0.1) is 0 Å². The zero-order chi connectivity index (χ0) is 13.1. The summed E-state index contributed by atoms with van der Waals surface area (Å²) in [5.41, 5.74) is 2.19. The van der Waals surface area contributed by atoms with E-state index >= 15 is 0 Å². The van der Waals surface area contributed by atoms with Crippen molar-refractivity contribution in [3.8, 4) is 0 Å². The van der Waals surface area contributed by atoms with Gasteiger partial charge in [-0.15, -0.1) is 11.6 Å². The number of pyridine rings is 1. The molecule has 0 atom stereocenters. The van der Waals surface area contributed by atoms with Crippen LogP contribution in [0.2, 0.25) is 0 Å². The summed E-state index contributed by atoms with van der Waals surface area (Å²) in [6.45, 7) is 0.850. The van der Waals surface area contributed by atoms with Crippen LogP contribution in [0.5, 0.6) is 0 Å². The average molecular weight is 275 g/mol. The molecule has 1 aliphatic carbocycles. The summed E-state index contributed by atoms with van der Waals surface area (Å²) in [5, 5.41) is 5.19. The minimum absolute atomic E-state index is 0.386. The minimum atomic E-state index is 0.386. The third-order valence-electron chi connectivity index (χ3n) is 3.88. The molecule has 2 aromatic rings. The van der Waals surface area contributed by atoms with Gasteiger partial charge in [0.1, 0.15) is 0 Å². The number of hydrogen-bond acceptors (Lipinski definition) is 2. The van der Waals surface area contributed by atoms with Crippen LogP contribution in [0.25, 0.3) is 10.9 Å². The molecule has 1 heterocycles. The smallest absolute Gasteiger partial charge is 0.0705 e. The molecule has 2 nitrogen and oxygen atoms in total. The predicted molar refractivity (Wildman–Crippen MR) is 80.5 cm³/mol. The highest BCUT2D eigenvalue weighted by molar-refractivity contribution is 6.20. The van der Waals surface area contributed by atoms with E-state index < -0.39 is 0 Å². The second-order valence-electron chi connectivity index (χ2n) is 5.33. The molecule has 0 radical (unpaired) electrons. The topological polar surface area (TPSA) is 24.9 Å². The normalized spacial score (nSPS) is 23.6. The monoisotopic (exact) mass is 274 g/mol. The van der Waals surface area contributed by atoms with Gasteiger partial charge in [0.05, 0.1) is 11.2 Å². The predicted octanol–water partition coefficient (Wildman–Crippen LogP) is 3.87. The number of rotatable bonds is 3. The number of nitrogens with zero attached hydrogens (tertiary/aromatic N) is 1. The van der Waals surface area contributed by atoms with E-state index in [1.807, 2.05) is 12.1 Å². The number of benzene rings is 1. The molecular formula is C16H19ClN2. The number of para-hydroxylation sites is 1. The van der Waals surface area contributed by atoms with Crippen LogP contribution in [0.1, 0.15) is 31.4 Å². The molecule has 0 aliphatic heterocycles. The van der Waals surface area contributed by atoms with E-state index in [1.54, 1.807) is 0 Å². The Bertz CT molecular complexity index is 547. The van der Waals surface area contributed by atoms with Crippen molar-refractivity contribution in [2.75, 3.05) is 0 Å². The lowest BCUT2D eigenvalue weighted by Gasteiger charge is -2.25. The SMILES string of the molecule is ClC1CCC(NCc2ccc3ccccc3n2)CC1. The van der Waals surface area contributed by atoms with Gasteiger partial charge in [0, 0.05) is 23.3 Å². The molecule has 100 valence electrons. The average Bonchev–Trinajstić information content (AvgIpc) is 2.46. The molecule has 0 saturated heterocycles. The molecule has 1 aromatic carbocycles. The fourth-order valence-electron chi connectivity index (χ4n) is 2.71. The Morgan fingerprint density at radius 2 is 1.84 bits per heavy atom. The van der Waals surface area contributed by atoms with Gasteiger partial charge >= 0.3 is 0 Å². The van der Waals surface area contributed by atoms with Crippen molar-refractivity contribution in [2.24, 2.45) is 0 Å². The lowest BCUT2D eigenvalue weighted by molar-refractivity contribution is 0.375. The van der Waals surface area contributed by atoms with Gasteiger partial charge in [-0.3, -0.25) is 4.98 Å². The van der Waals surface area contributed by atoms with Crippen LogP contribution >= 0.6 is 11.6 Å². The highest BCUT2D eigenvalue weighted by atomic mass is 35.5. The Labute approximate surface area is 119 Å². The van der Waals surface area contributed by atoms with E-state index in [1.165, 1.54) is 18.2 Å². The van der Waals surface area contributed by atoms with Crippen molar-refractivity contribution in [3.05, 3.63) is 42.1 Å². The first-order chi connectivity index (χ1) is 9.31. The highest BCUT2D eigenvalue weighted by Crippen LogP contribution is 2.23. The molecule has 0 bridgehead atoms. The molecule has 0 spiro atoms. The summed E-state index contributed by atoms with van der Waals surface area (Å²) in [4.78, 5) is 4.69. The van der Waals surface area contributed by atoms with Crippen LogP contribution in [-0.2, 0) is 6.54 Å². The molecule has 1 aromatic heterocycles. The van der Waals surface area contributed by atoms with Crippen LogP contribution in [-0.4, -0.2) is 16.4 Å². The number of halogens is 1. The van der Waals surface area contributed by atoms with Crippen LogP contribution in [0.3, 0.4) is 0 Å². The van der Waals surface area contributed by atoms with Gasteiger partial charge < -0.3 is 5.32 Å². The molecule has 0 unspecified atom stereocenters. The first kappa shape index (κ1) is 12.9. The number of nitrogens with one attached hydrogen (secondary N) is 1. The van der Waals surface area contributed by atoms with Crippen molar-refractivity contribution in [1.82, 2.24) is 10.3 Å². The lowest BCUT2D eigenvalue weighted by Crippen LogP contribution is -2.33. The first-order valence-electron chi connectivity index (χ1n) is 7.03. The molecular weight excluding hydrogens is 256 g/mol. The van der Waals surface area contributed by atoms with Crippen molar-refractivity contribution in [3.63, 3.8) is 0 Å². The van der Waals surface area contributed by atoms with E-state index in [9.17, 15) is 0 Å². The molecule has 1 fully saturated rings. The fraction of sp³-hybridized carbons (Fsp3) is 0.438. The summed E-state index contributed by atoms with van der Waals surface area (Å²) in [6.07, 6.45) is 4.62. The molecule has 1 saturated carbocycles. The number of fused-ring (bicyclic) bond motifs is 1. The van der Waals surface area contributed by atoms with Gasteiger partial charge in [0.15, 0.2) is 0 Å². The first-order valence-corrected chi connectivity index (χ1v) is 7.47. The van der Waals surface area contributed by atoms with E-state index in [0.29, 0.717) is 11.4 Å². The number of aromatic nitrogens is 1. The molecule has 0 amide bonds. The third-order valence-corrected chi connectivity index (χ3v) is 4.32. The quantitative estimate of drug-likeness (QED) is 0.860. The Hall–Kier alpha value is -1.12. The second-order valence-corrected chi connectivity index (χ2v) is 5.94. The van der Waals surface area contributed by atoms with Gasteiger partial charge in [-0.2, -0.15) is 0 Å². The Morgan fingerprint density at radius 3 is 2.68 bits per heavy atom. The molecule has 1 aliphatic rings. The Balaban J connectivity index is 1.62. The van der Waals surface area contributed by atoms with Crippen molar-refractivity contribution in [1.29, 1.82) is 0 Å². The van der Waals surface area contributed by atoms with Gasteiger partial charge in [0.25, 0.3) is 0 Å². The van der Waals surface area contributed by atoms with Gasteiger partial charge in [0.2, 0.25) is 0 Å². The Morgan fingerprint density at radius 1 is 1.05 bits per heavy atom. The van der Waals surface area contributed by atoms with E-state index in [-0.39, 0.29) is 0 Å². The lowest BCUT2D eigenvalue weighted by atomic mass is 9.95. The molecule has 3 rings (SSSR count). The van der Waals surface area contributed by atoms with Gasteiger partial charge in [-0.05, 0) is 37.8 Å². The van der Waals surface area contributed by atoms with Crippen LogP contribution in [0.4, 0.5) is 0 Å². The molecule has 19 heavy (non-hydrogen) atoms. The van der Waals surface area contributed by atoms with Crippen LogP contribution in [0.15, 0.2) is 36.4 Å². The number of alkyl halides is 1. The maximum absolute atomic E-state index is 6.12. The molecule has 3 heteroatoms. The minimum Gasteiger partial charge on any atom is -0.308 e. The summed E-state index contributed by atoms with van der Waals surface area (Å²) in [6, 6.07) is 13.1. The van der Waals surface area contributed by atoms with E-state index in [0.717, 1.165) is 30.6 Å². The maximum Gasteiger partial charge on any atom is 0.0705 e. The highest BCUT2D eigenvalue weighted by Gasteiger charge is 2.18. The Kier molecular flexibility index (Phi) is 4.00. The zero-order valence-electron chi connectivity index (χ0n) is 11.0. The fourth-order valence-corrected chi connectivity index (χ4v) is 2.96. The van der Waals surface area contributed by atoms with E-state index in [4.69, 9.17) is 11.6 Å².